The minimum Gasteiger partial charge on any atom is -0.361 e. The first kappa shape index (κ1) is 12.8. The monoisotopic (exact) mass is 242 g/mol. The first-order valence-electron chi connectivity index (χ1n) is 6.99. The first-order valence-corrected chi connectivity index (χ1v) is 7.50. The van der Waals surface area contributed by atoms with Crippen LogP contribution in [0, 0.1) is 11.8 Å². The molecule has 2 heteroatoms. The molecule has 0 aromatic heterocycles. The number of ether oxygens (including phenoxy) is 1. The Hall–Kier alpha value is 0.310. The van der Waals surface area contributed by atoms with E-state index >= 15 is 0 Å². The van der Waals surface area contributed by atoms with Gasteiger partial charge in [0.05, 0.1) is 11.0 Å². The lowest BCUT2D eigenvalue weighted by Crippen LogP contribution is -2.44. The van der Waals surface area contributed by atoms with Crippen LogP contribution in [0.4, 0.5) is 0 Å². The van der Waals surface area contributed by atoms with Crippen LogP contribution < -0.4 is 0 Å². The summed E-state index contributed by atoms with van der Waals surface area (Å²) in [6.45, 7) is 4.43. The summed E-state index contributed by atoms with van der Waals surface area (Å²) in [5.41, 5.74) is 0.181. The van der Waals surface area contributed by atoms with E-state index in [4.69, 9.17) is 4.74 Å². The highest BCUT2D eigenvalue weighted by Gasteiger charge is 2.44. The molecule has 94 valence electrons. The molecule has 2 aliphatic carbocycles. The molecule has 0 N–H and O–H groups in total. The zero-order valence-electron chi connectivity index (χ0n) is 10.7. The third-order valence-electron chi connectivity index (χ3n) is 4.76. The van der Waals surface area contributed by atoms with Gasteiger partial charge in [-0.05, 0) is 51.4 Å². The standard InChI is InChI=1S/C14H26OS/c1-11(16)15-14(2,12-7-3-4-8-12)13-9-5-6-10-13/h11-13,16H,3-10H2,1-2H3. The molecule has 2 aliphatic rings. The summed E-state index contributed by atoms with van der Waals surface area (Å²) in [6, 6.07) is 0. The van der Waals surface area contributed by atoms with Crippen molar-refractivity contribution >= 4 is 12.6 Å². The fourth-order valence-electron chi connectivity index (χ4n) is 3.89. The van der Waals surface area contributed by atoms with Crippen molar-refractivity contribution in [2.75, 3.05) is 0 Å². The smallest absolute Gasteiger partial charge is 0.0979 e. The molecular formula is C14H26OS. The molecule has 2 saturated carbocycles. The molecule has 0 bridgehead atoms. The molecular weight excluding hydrogens is 216 g/mol. The Morgan fingerprint density at radius 3 is 1.69 bits per heavy atom. The molecule has 0 aromatic carbocycles. The van der Waals surface area contributed by atoms with Gasteiger partial charge in [-0.2, -0.15) is 0 Å². The lowest BCUT2D eigenvalue weighted by molar-refractivity contribution is -0.117. The van der Waals surface area contributed by atoms with Gasteiger partial charge in [0.2, 0.25) is 0 Å². The van der Waals surface area contributed by atoms with E-state index in [-0.39, 0.29) is 11.0 Å². The lowest BCUT2D eigenvalue weighted by Gasteiger charge is -2.42. The largest absolute Gasteiger partial charge is 0.361 e. The van der Waals surface area contributed by atoms with Crippen LogP contribution in [0.15, 0.2) is 0 Å². The van der Waals surface area contributed by atoms with Crippen molar-refractivity contribution in [3.05, 3.63) is 0 Å². The third-order valence-corrected chi connectivity index (χ3v) is 4.86. The van der Waals surface area contributed by atoms with Gasteiger partial charge in [-0.25, -0.2) is 0 Å². The van der Waals surface area contributed by atoms with Gasteiger partial charge in [0.25, 0.3) is 0 Å². The maximum atomic E-state index is 6.27. The van der Waals surface area contributed by atoms with Crippen molar-refractivity contribution in [1.29, 1.82) is 0 Å². The zero-order chi connectivity index (χ0) is 11.6. The second-order valence-corrected chi connectivity index (χ2v) is 6.59. The van der Waals surface area contributed by atoms with E-state index in [9.17, 15) is 0 Å². The van der Waals surface area contributed by atoms with Crippen molar-refractivity contribution in [2.45, 2.75) is 76.3 Å². The Morgan fingerprint density at radius 2 is 1.38 bits per heavy atom. The minimum atomic E-state index is 0.0752. The van der Waals surface area contributed by atoms with Gasteiger partial charge >= 0.3 is 0 Å². The van der Waals surface area contributed by atoms with Gasteiger partial charge in [-0.1, -0.05) is 25.7 Å². The van der Waals surface area contributed by atoms with Gasteiger partial charge in [0.1, 0.15) is 0 Å². The van der Waals surface area contributed by atoms with E-state index in [0.29, 0.717) is 0 Å². The highest BCUT2D eigenvalue weighted by atomic mass is 32.1. The zero-order valence-corrected chi connectivity index (χ0v) is 11.6. The van der Waals surface area contributed by atoms with Crippen LogP contribution in [-0.2, 0) is 4.74 Å². The molecule has 0 saturated heterocycles. The van der Waals surface area contributed by atoms with Crippen LogP contribution >= 0.6 is 12.6 Å². The lowest BCUT2D eigenvalue weighted by atomic mass is 9.76. The highest BCUT2D eigenvalue weighted by Crippen LogP contribution is 2.47. The first-order chi connectivity index (χ1) is 7.63. The van der Waals surface area contributed by atoms with Crippen molar-refractivity contribution in [1.82, 2.24) is 0 Å². The molecule has 0 spiro atoms. The molecule has 1 unspecified atom stereocenters. The number of hydrogen-bond donors (Lipinski definition) is 1. The minimum absolute atomic E-state index is 0.0752. The van der Waals surface area contributed by atoms with Crippen LogP contribution in [0.1, 0.15) is 65.2 Å². The van der Waals surface area contributed by atoms with E-state index in [1.54, 1.807) is 0 Å². The Morgan fingerprint density at radius 1 is 1.00 bits per heavy atom. The fourth-order valence-corrected chi connectivity index (χ4v) is 4.12. The SMILES string of the molecule is CC(S)OC(C)(C1CCCC1)C1CCCC1. The van der Waals surface area contributed by atoms with Crippen LogP contribution in [0.3, 0.4) is 0 Å². The molecule has 16 heavy (non-hydrogen) atoms. The van der Waals surface area contributed by atoms with Gasteiger partial charge in [-0.15, -0.1) is 12.6 Å². The van der Waals surface area contributed by atoms with Crippen LogP contribution in [-0.4, -0.2) is 11.0 Å². The number of hydrogen-bond acceptors (Lipinski definition) is 2. The second kappa shape index (κ2) is 5.30. The van der Waals surface area contributed by atoms with Crippen molar-refractivity contribution < 1.29 is 4.74 Å². The van der Waals surface area contributed by atoms with E-state index in [1.165, 1.54) is 51.4 Å². The van der Waals surface area contributed by atoms with E-state index in [0.717, 1.165) is 11.8 Å². The normalized spacial score (nSPS) is 26.4. The Balaban J connectivity index is 2.09. The van der Waals surface area contributed by atoms with Gasteiger partial charge < -0.3 is 4.74 Å². The predicted octanol–water partition coefficient (Wildman–Crippen LogP) is 4.42. The quantitative estimate of drug-likeness (QED) is 0.567. The third kappa shape index (κ3) is 2.59. The molecule has 1 nitrogen and oxygen atoms in total. The number of thiol groups is 1. The second-order valence-electron chi connectivity index (χ2n) is 5.86. The summed E-state index contributed by atoms with van der Waals surface area (Å²) in [6.07, 6.45) is 11.1. The molecule has 1 atom stereocenters. The Kier molecular flexibility index (Phi) is 4.23. The van der Waals surface area contributed by atoms with E-state index < -0.39 is 0 Å². The maximum absolute atomic E-state index is 6.27. The summed E-state index contributed by atoms with van der Waals surface area (Å²) in [7, 11) is 0. The predicted molar refractivity (Wildman–Crippen MR) is 71.9 cm³/mol. The number of rotatable bonds is 4. The molecule has 0 radical (unpaired) electrons. The van der Waals surface area contributed by atoms with Gasteiger partial charge in [0, 0.05) is 0 Å². The Bertz CT molecular complexity index is 199. The topological polar surface area (TPSA) is 9.23 Å². The van der Waals surface area contributed by atoms with E-state index in [2.05, 4.69) is 26.5 Å². The van der Waals surface area contributed by atoms with Crippen LogP contribution in [0.25, 0.3) is 0 Å². The molecule has 0 amide bonds. The maximum Gasteiger partial charge on any atom is 0.0979 e. The van der Waals surface area contributed by atoms with Crippen LogP contribution in [0.2, 0.25) is 0 Å². The van der Waals surface area contributed by atoms with Gasteiger partial charge in [0.15, 0.2) is 0 Å². The summed E-state index contributed by atoms with van der Waals surface area (Å²) in [5.74, 6) is 1.57. The van der Waals surface area contributed by atoms with Crippen LogP contribution in [0.5, 0.6) is 0 Å². The molecule has 0 aliphatic heterocycles. The van der Waals surface area contributed by atoms with Crippen molar-refractivity contribution in [3.63, 3.8) is 0 Å². The Labute approximate surface area is 106 Å². The molecule has 0 heterocycles. The highest BCUT2D eigenvalue weighted by molar-refractivity contribution is 7.80. The van der Waals surface area contributed by atoms with Gasteiger partial charge in [-0.3, -0.25) is 0 Å². The molecule has 2 fully saturated rings. The fraction of sp³-hybridized carbons (Fsp3) is 1.00. The summed E-state index contributed by atoms with van der Waals surface area (Å²) >= 11 is 4.45. The average molecular weight is 242 g/mol. The summed E-state index contributed by atoms with van der Waals surface area (Å²) in [5, 5.41) is 0. The average Bonchev–Trinajstić information content (AvgIpc) is 2.91. The summed E-state index contributed by atoms with van der Waals surface area (Å²) < 4.78 is 6.27. The summed E-state index contributed by atoms with van der Waals surface area (Å²) in [4.78, 5) is 0. The van der Waals surface area contributed by atoms with Crippen molar-refractivity contribution in [2.24, 2.45) is 11.8 Å². The van der Waals surface area contributed by atoms with E-state index in [1.807, 2.05) is 0 Å². The molecule has 2 rings (SSSR count). The van der Waals surface area contributed by atoms with Crippen molar-refractivity contribution in [3.8, 4) is 0 Å². The molecule has 0 aromatic rings.